The van der Waals surface area contributed by atoms with Gasteiger partial charge in [0.15, 0.2) is 0 Å². The summed E-state index contributed by atoms with van der Waals surface area (Å²) < 4.78 is 5.86. The van der Waals surface area contributed by atoms with E-state index in [1.807, 2.05) is 0 Å². The predicted octanol–water partition coefficient (Wildman–Crippen LogP) is 1.74. The minimum Gasteiger partial charge on any atom is -0.493 e. The first kappa shape index (κ1) is 11.5. The minimum absolute atomic E-state index is 0.134. The van der Waals surface area contributed by atoms with E-state index in [-0.39, 0.29) is 18.0 Å². The van der Waals surface area contributed by atoms with Crippen LogP contribution in [0.25, 0.3) is 0 Å². The highest BCUT2D eigenvalue weighted by atomic mass is 16.5. The number of rotatable bonds is 0. The Balaban J connectivity index is 2.08. The van der Waals surface area contributed by atoms with Crippen molar-refractivity contribution in [2.24, 2.45) is 5.92 Å². The van der Waals surface area contributed by atoms with Crippen LogP contribution in [0.3, 0.4) is 0 Å². The van der Waals surface area contributed by atoms with Crippen LogP contribution in [-0.2, 0) is 0 Å². The van der Waals surface area contributed by atoms with Gasteiger partial charge in [-0.1, -0.05) is 6.07 Å². The first-order valence-corrected chi connectivity index (χ1v) is 6.35. The molecular weight excluding hydrogens is 226 g/mol. The number of fused-ring (bicyclic) bond motifs is 3. The number of aryl methyl sites for hydroxylation is 2. The van der Waals surface area contributed by atoms with E-state index >= 15 is 0 Å². The SMILES string of the molecule is Cc1cc(C)c2c(c1)OCCC1C(C#N)NNC21. The summed E-state index contributed by atoms with van der Waals surface area (Å²) in [7, 11) is 0. The van der Waals surface area contributed by atoms with Crippen LogP contribution in [0.4, 0.5) is 0 Å². The predicted molar refractivity (Wildman–Crippen MR) is 67.9 cm³/mol. The van der Waals surface area contributed by atoms with Gasteiger partial charge in [0.1, 0.15) is 11.8 Å². The molecule has 4 heteroatoms. The molecule has 3 atom stereocenters. The van der Waals surface area contributed by atoms with E-state index in [1.54, 1.807) is 0 Å². The number of benzene rings is 1. The summed E-state index contributed by atoms with van der Waals surface area (Å²) in [5.41, 5.74) is 10.0. The first-order valence-electron chi connectivity index (χ1n) is 6.35. The number of ether oxygens (including phenoxy) is 1. The maximum atomic E-state index is 9.16. The zero-order chi connectivity index (χ0) is 12.7. The smallest absolute Gasteiger partial charge is 0.124 e. The average Bonchev–Trinajstić information content (AvgIpc) is 2.63. The maximum absolute atomic E-state index is 9.16. The molecule has 3 rings (SSSR count). The van der Waals surface area contributed by atoms with Crippen molar-refractivity contribution in [3.8, 4) is 11.8 Å². The molecule has 0 spiro atoms. The van der Waals surface area contributed by atoms with Crippen LogP contribution in [-0.4, -0.2) is 12.6 Å². The molecular formula is C14H17N3O. The highest BCUT2D eigenvalue weighted by molar-refractivity contribution is 5.46. The van der Waals surface area contributed by atoms with Gasteiger partial charge >= 0.3 is 0 Å². The van der Waals surface area contributed by atoms with E-state index in [9.17, 15) is 0 Å². The molecule has 2 N–H and O–H groups in total. The third-order valence-electron chi connectivity index (χ3n) is 3.90. The summed E-state index contributed by atoms with van der Waals surface area (Å²) in [5.74, 6) is 1.24. The van der Waals surface area contributed by atoms with Crippen LogP contribution >= 0.6 is 0 Å². The van der Waals surface area contributed by atoms with Gasteiger partial charge in [-0.05, 0) is 37.5 Å². The topological polar surface area (TPSA) is 57.1 Å². The van der Waals surface area contributed by atoms with Crippen molar-refractivity contribution in [1.82, 2.24) is 10.9 Å². The molecule has 3 unspecified atom stereocenters. The number of nitriles is 1. The van der Waals surface area contributed by atoms with Gasteiger partial charge in [0.25, 0.3) is 0 Å². The second-order valence-corrected chi connectivity index (χ2v) is 5.17. The maximum Gasteiger partial charge on any atom is 0.124 e. The van der Waals surface area contributed by atoms with Crippen LogP contribution in [0.2, 0.25) is 0 Å². The number of hydrogen-bond acceptors (Lipinski definition) is 4. The van der Waals surface area contributed by atoms with Crippen molar-refractivity contribution in [3.05, 3.63) is 28.8 Å². The third kappa shape index (κ3) is 1.67. The zero-order valence-electron chi connectivity index (χ0n) is 10.7. The highest BCUT2D eigenvalue weighted by Gasteiger charge is 2.40. The molecule has 0 saturated carbocycles. The lowest BCUT2D eigenvalue weighted by atomic mass is 9.86. The summed E-state index contributed by atoms with van der Waals surface area (Å²) in [6, 6.07) is 6.63. The van der Waals surface area contributed by atoms with E-state index < -0.39 is 0 Å². The molecule has 0 radical (unpaired) electrons. The summed E-state index contributed by atoms with van der Waals surface area (Å²) >= 11 is 0. The molecule has 2 aliphatic heterocycles. The van der Waals surface area contributed by atoms with Gasteiger partial charge in [-0.15, -0.1) is 0 Å². The molecule has 18 heavy (non-hydrogen) atoms. The normalized spacial score (nSPS) is 29.7. The van der Waals surface area contributed by atoms with Crippen molar-refractivity contribution >= 4 is 0 Å². The van der Waals surface area contributed by atoms with E-state index in [0.717, 1.165) is 12.2 Å². The lowest BCUT2D eigenvalue weighted by Crippen LogP contribution is -2.31. The Kier molecular flexibility index (Phi) is 2.73. The summed E-state index contributed by atoms with van der Waals surface area (Å²) in [6.45, 7) is 4.87. The van der Waals surface area contributed by atoms with Crippen LogP contribution in [0.1, 0.15) is 29.2 Å². The Hall–Kier alpha value is -1.57. The van der Waals surface area contributed by atoms with Crippen molar-refractivity contribution in [2.45, 2.75) is 32.4 Å². The Morgan fingerprint density at radius 3 is 2.94 bits per heavy atom. The van der Waals surface area contributed by atoms with E-state index in [4.69, 9.17) is 10.00 Å². The molecule has 1 saturated heterocycles. The molecule has 2 aliphatic rings. The van der Waals surface area contributed by atoms with Crippen LogP contribution in [0.5, 0.6) is 5.75 Å². The summed E-state index contributed by atoms with van der Waals surface area (Å²) in [4.78, 5) is 0. The first-order chi connectivity index (χ1) is 8.70. The Labute approximate surface area is 107 Å². The molecule has 4 nitrogen and oxygen atoms in total. The molecule has 0 bridgehead atoms. The van der Waals surface area contributed by atoms with Crippen molar-refractivity contribution in [1.29, 1.82) is 5.26 Å². The van der Waals surface area contributed by atoms with Gasteiger partial charge in [0.2, 0.25) is 0 Å². The fourth-order valence-electron chi connectivity index (χ4n) is 3.10. The summed E-state index contributed by atoms with van der Waals surface area (Å²) in [5, 5.41) is 9.16. The summed E-state index contributed by atoms with van der Waals surface area (Å²) in [6.07, 6.45) is 0.899. The quantitative estimate of drug-likeness (QED) is 0.729. The number of hydrogen-bond donors (Lipinski definition) is 2. The minimum atomic E-state index is -0.134. The second kappa shape index (κ2) is 4.27. The lowest BCUT2D eigenvalue weighted by molar-refractivity contribution is 0.289. The zero-order valence-corrected chi connectivity index (χ0v) is 10.7. The van der Waals surface area contributed by atoms with E-state index in [1.165, 1.54) is 16.7 Å². The van der Waals surface area contributed by atoms with Gasteiger partial charge < -0.3 is 4.74 Å². The molecule has 2 heterocycles. The Morgan fingerprint density at radius 2 is 2.17 bits per heavy atom. The molecule has 94 valence electrons. The number of hydrazine groups is 1. The van der Waals surface area contributed by atoms with Crippen LogP contribution in [0.15, 0.2) is 12.1 Å². The van der Waals surface area contributed by atoms with Gasteiger partial charge in [-0.2, -0.15) is 5.26 Å². The van der Waals surface area contributed by atoms with Gasteiger partial charge in [-0.25, -0.2) is 10.9 Å². The second-order valence-electron chi connectivity index (χ2n) is 5.17. The van der Waals surface area contributed by atoms with Crippen molar-refractivity contribution in [3.63, 3.8) is 0 Å². The third-order valence-corrected chi connectivity index (χ3v) is 3.90. The van der Waals surface area contributed by atoms with Crippen LogP contribution in [0, 0.1) is 31.1 Å². The lowest BCUT2D eigenvalue weighted by Gasteiger charge is -2.19. The Bertz CT molecular complexity index is 521. The molecule has 0 amide bonds. The van der Waals surface area contributed by atoms with Gasteiger partial charge in [-0.3, -0.25) is 0 Å². The fourth-order valence-corrected chi connectivity index (χ4v) is 3.10. The van der Waals surface area contributed by atoms with Gasteiger partial charge in [0.05, 0.1) is 18.7 Å². The largest absolute Gasteiger partial charge is 0.493 e. The monoisotopic (exact) mass is 243 g/mol. The van der Waals surface area contributed by atoms with Crippen LogP contribution < -0.4 is 15.6 Å². The highest BCUT2D eigenvalue weighted by Crippen LogP contribution is 2.41. The number of nitrogens with zero attached hydrogens (tertiary/aromatic N) is 1. The fraction of sp³-hybridized carbons (Fsp3) is 0.500. The molecule has 1 aromatic carbocycles. The molecule has 1 aromatic rings. The average molecular weight is 243 g/mol. The van der Waals surface area contributed by atoms with E-state index in [2.05, 4.69) is 42.9 Å². The van der Waals surface area contributed by atoms with Crippen molar-refractivity contribution < 1.29 is 4.74 Å². The Morgan fingerprint density at radius 1 is 1.33 bits per heavy atom. The van der Waals surface area contributed by atoms with E-state index in [0.29, 0.717) is 6.61 Å². The standard InChI is InChI=1S/C14H17N3O/c1-8-5-9(2)13-12(6-8)18-4-3-10-11(7-15)16-17-14(10)13/h5-6,10-11,14,16-17H,3-4H2,1-2H3. The number of nitrogens with one attached hydrogen (secondary N) is 2. The molecule has 0 aliphatic carbocycles. The molecule has 1 fully saturated rings. The van der Waals surface area contributed by atoms with Crippen molar-refractivity contribution in [2.75, 3.05) is 6.61 Å². The van der Waals surface area contributed by atoms with Gasteiger partial charge in [0, 0.05) is 11.5 Å². The molecule has 0 aromatic heterocycles.